The van der Waals surface area contributed by atoms with Gasteiger partial charge in [-0.2, -0.15) is 0 Å². The number of hydrogen-bond donors (Lipinski definition) is 3. The summed E-state index contributed by atoms with van der Waals surface area (Å²) in [4.78, 5) is 8.37. The molecule has 1 heterocycles. The predicted molar refractivity (Wildman–Crippen MR) is 104 cm³/mol. The summed E-state index contributed by atoms with van der Waals surface area (Å²) in [6, 6.07) is 14.4. The summed E-state index contributed by atoms with van der Waals surface area (Å²) in [5, 5.41) is 14.2. The van der Waals surface area contributed by atoms with Crippen LogP contribution in [-0.4, -0.2) is 22.2 Å². The fourth-order valence-corrected chi connectivity index (χ4v) is 2.86. The zero-order valence-corrected chi connectivity index (χ0v) is 14.6. The van der Waals surface area contributed by atoms with Crippen molar-refractivity contribution in [2.45, 2.75) is 20.3 Å². The molecule has 0 aliphatic rings. The Kier molecular flexibility index (Phi) is 4.93. The van der Waals surface area contributed by atoms with Gasteiger partial charge in [0.05, 0.1) is 11.3 Å². The molecule has 0 amide bonds. The molecule has 0 aliphatic heterocycles. The molecule has 0 unspecified atom stereocenters. The van der Waals surface area contributed by atoms with Crippen molar-refractivity contribution < 1.29 is 0 Å². The van der Waals surface area contributed by atoms with E-state index in [0.29, 0.717) is 35.2 Å². The number of benzene rings is 2. The van der Waals surface area contributed by atoms with Crippen molar-refractivity contribution >= 4 is 28.1 Å². The third-order valence-electron chi connectivity index (χ3n) is 4.10. The first kappa shape index (κ1) is 16.9. The van der Waals surface area contributed by atoms with E-state index >= 15 is 0 Å². The number of fused-ring (bicyclic) bond motifs is 1. The first-order valence-corrected chi connectivity index (χ1v) is 8.45. The molecule has 3 rings (SSSR count). The van der Waals surface area contributed by atoms with Gasteiger partial charge in [0, 0.05) is 13.0 Å². The van der Waals surface area contributed by atoms with E-state index in [1.54, 1.807) is 0 Å². The van der Waals surface area contributed by atoms with Crippen molar-refractivity contribution in [3.05, 3.63) is 59.9 Å². The third-order valence-corrected chi connectivity index (χ3v) is 4.10. The van der Waals surface area contributed by atoms with Crippen LogP contribution < -0.4 is 11.1 Å². The first-order valence-electron chi connectivity index (χ1n) is 8.45. The minimum Gasteiger partial charge on any atom is -0.383 e. The van der Waals surface area contributed by atoms with Crippen LogP contribution in [-0.2, 0) is 6.42 Å². The molecule has 128 valence electrons. The Morgan fingerprint density at radius 2 is 1.88 bits per heavy atom. The van der Waals surface area contributed by atoms with Gasteiger partial charge in [0.15, 0.2) is 0 Å². The molecular weight excluding hydrogens is 310 g/mol. The second kappa shape index (κ2) is 7.30. The van der Waals surface area contributed by atoms with Gasteiger partial charge in [-0.15, -0.1) is 0 Å². The van der Waals surface area contributed by atoms with E-state index in [-0.39, 0.29) is 0 Å². The van der Waals surface area contributed by atoms with Crippen LogP contribution in [0.5, 0.6) is 0 Å². The largest absolute Gasteiger partial charge is 0.383 e. The Bertz CT molecular complexity index is 896. The van der Waals surface area contributed by atoms with Crippen LogP contribution in [0.25, 0.3) is 10.8 Å². The zero-order chi connectivity index (χ0) is 17.8. The van der Waals surface area contributed by atoms with E-state index < -0.39 is 0 Å². The molecule has 0 bridgehead atoms. The molecule has 0 radical (unpaired) electrons. The summed E-state index contributed by atoms with van der Waals surface area (Å²) in [5.74, 6) is 1.44. The fraction of sp³-hybridized carbons (Fsp3) is 0.250. The molecule has 0 aliphatic carbocycles. The fourth-order valence-electron chi connectivity index (χ4n) is 2.86. The molecule has 0 atom stereocenters. The Labute approximate surface area is 147 Å². The van der Waals surface area contributed by atoms with Crippen molar-refractivity contribution in [3.63, 3.8) is 0 Å². The van der Waals surface area contributed by atoms with Gasteiger partial charge in [-0.25, -0.2) is 9.97 Å². The number of nitrogens with zero attached hydrogens (tertiary/aromatic N) is 2. The van der Waals surface area contributed by atoms with Crippen LogP contribution in [0.3, 0.4) is 0 Å². The molecule has 5 nitrogen and oxygen atoms in total. The first-order chi connectivity index (χ1) is 12.1. The Morgan fingerprint density at radius 3 is 2.68 bits per heavy atom. The van der Waals surface area contributed by atoms with E-state index in [4.69, 9.17) is 11.1 Å². The van der Waals surface area contributed by atoms with Crippen LogP contribution in [0.2, 0.25) is 0 Å². The number of anilines is 2. The third kappa shape index (κ3) is 3.76. The molecule has 3 aromatic rings. The molecule has 0 saturated heterocycles. The Morgan fingerprint density at radius 1 is 1.12 bits per heavy atom. The molecule has 25 heavy (non-hydrogen) atoms. The van der Waals surface area contributed by atoms with Crippen LogP contribution in [0, 0.1) is 11.3 Å². The number of nitrogens with two attached hydrogens (primary N) is 1. The van der Waals surface area contributed by atoms with Gasteiger partial charge in [0.25, 0.3) is 0 Å². The summed E-state index contributed by atoms with van der Waals surface area (Å²) >= 11 is 0. The lowest BCUT2D eigenvalue weighted by Crippen LogP contribution is -2.17. The zero-order valence-electron chi connectivity index (χ0n) is 14.6. The monoisotopic (exact) mass is 333 g/mol. The molecule has 2 aromatic carbocycles. The number of rotatable bonds is 6. The highest BCUT2D eigenvalue weighted by Crippen LogP contribution is 2.24. The van der Waals surface area contributed by atoms with Crippen LogP contribution in [0.15, 0.2) is 48.8 Å². The second-order valence-corrected chi connectivity index (χ2v) is 6.55. The Hall–Kier alpha value is -2.95. The molecule has 0 saturated carbocycles. The van der Waals surface area contributed by atoms with Crippen molar-refractivity contribution in [1.29, 1.82) is 5.41 Å². The van der Waals surface area contributed by atoms with Gasteiger partial charge in [0.2, 0.25) is 0 Å². The van der Waals surface area contributed by atoms with Crippen molar-refractivity contribution in [2.75, 3.05) is 17.6 Å². The minimum atomic E-state index is 0.339. The number of nitrogens with one attached hydrogen (secondary N) is 2. The maximum absolute atomic E-state index is 8.61. The quantitative estimate of drug-likeness (QED) is 0.597. The van der Waals surface area contributed by atoms with Gasteiger partial charge in [-0.1, -0.05) is 56.3 Å². The molecule has 1 aromatic heterocycles. The average molecular weight is 333 g/mol. The highest BCUT2D eigenvalue weighted by Gasteiger charge is 2.16. The van der Waals surface area contributed by atoms with Crippen LogP contribution in [0.4, 0.5) is 11.6 Å². The maximum atomic E-state index is 8.61. The second-order valence-electron chi connectivity index (χ2n) is 6.55. The summed E-state index contributed by atoms with van der Waals surface area (Å²) in [6.45, 7) is 5.02. The maximum Gasteiger partial charge on any atom is 0.140 e. The Balaban J connectivity index is 1.93. The summed E-state index contributed by atoms with van der Waals surface area (Å²) < 4.78 is 0. The smallest absolute Gasteiger partial charge is 0.140 e. The van der Waals surface area contributed by atoms with Crippen molar-refractivity contribution in [1.82, 2.24) is 9.97 Å². The van der Waals surface area contributed by atoms with Crippen molar-refractivity contribution in [2.24, 2.45) is 5.92 Å². The molecule has 0 spiro atoms. The lowest BCUT2D eigenvalue weighted by Gasteiger charge is -2.15. The standard InChI is InChI=1S/C20H23N5/c1-13(2)11-23-20-18(19(22)24-12-25-20)17(21)10-15-8-5-7-14-6-3-4-9-16(14)15/h3-9,12-13,21H,10-11H2,1-2H3,(H3,22,23,24,25). The van der Waals surface area contributed by atoms with Gasteiger partial charge in [0.1, 0.15) is 18.0 Å². The van der Waals surface area contributed by atoms with E-state index in [2.05, 4.69) is 53.4 Å². The van der Waals surface area contributed by atoms with E-state index in [1.807, 2.05) is 18.2 Å². The van der Waals surface area contributed by atoms with Gasteiger partial charge in [-0.05, 0) is 22.3 Å². The summed E-state index contributed by atoms with van der Waals surface area (Å²) in [6.07, 6.45) is 1.92. The van der Waals surface area contributed by atoms with Crippen LogP contribution in [0.1, 0.15) is 25.0 Å². The van der Waals surface area contributed by atoms with E-state index in [1.165, 1.54) is 11.7 Å². The highest BCUT2D eigenvalue weighted by molar-refractivity contribution is 6.08. The van der Waals surface area contributed by atoms with Gasteiger partial charge >= 0.3 is 0 Å². The van der Waals surface area contributed by atoms with E-state index in [0.717, 1.165) is 17.5 Å². The number of aromatic nitrogens is 2. The predicted octanol–water partition coefficient (Wildman–Crippen LogP) is 3.89. The minimum absolute atomic E-state index is 0.339. The molecular formula is C20H23N5. The topological polar surface area (TPSA) is 87.7 Å². The summed E-state index contributed by atoms with van der Waals surface area (Å²) in [7, 11) is 0. The normalized spacial score (nSPS) is 11.0. The number of hydrogen-bond acceptors (Lipinski definition) is 5. The van der Waals surface area contributed by atoms with Gasteiger partial charge in [-0.3, -0.25) is 0 Å². The average Bonchev–Trinajstić information content (AvgIpc) is 2.60. The lowest BCUT2D eigenvalue weighted by molar-refractivity contribution is 0.686. The van der Waals surface area contributed by atoms with Crippen LogP contribution >= 0.6 is 0 Å². The SMILES string of the molecule is CC(C)CNc1ncnc(N)c1C(=N)Cc1cccc2ccccc12. The van der Waals surface area contributed by atoms with E-state index in [9.17, 15) is 0 Å². The van der Waals surface area contributed by atoms with Crippen molar-refractivity contribution in [3.8, 4) is 0 Å². The molecule has 5 heteroatoms. The molecule has 0 fully saturated rings. The number of nitrogen functional groups attached to an aromatic ring is 1. The molecule has 4 N–H and O–H groups in total. The van der Waals surface area contributed by atoms with Gasteiger partial charge < -0.3 is 16.5 Å². The lowest BCUT2D eigenvalue weighted by atomic mass is 9.97. The highest BCUT2D eigenvalue weighted by atomic mass is 15.0. The summed E-state index contributed by atoms with van der Waals surface area (Å²) in [5.41, 5.74) is 8.17.